The number of halogens is 1. The lowest BCUT2D eigenvalue weighted by atomic mass is 9.99. The van der Waals surface area contributed by atoms with Gasteiger partial charge in [0.1, 0.15) is 0 Å². The van der Waals surface area contributed by atoms with E-state index in [-0.39, 0.29) is 0 Å². The average molecular weight is 308 g/mol. The van der Waals surface area contributed by atoms with E-state index >= 15 is 0 Å². The van der Waals surface area contributed by atoms with Gasteiger partial charge in [-0.2, -0.15) is 0 Å². The van der Waals surface area contributed by atoms with Crippen molar-refractivity contribution in [3.05, 3.63) is 34.9 Å². The predicted octanol–water partition coefficient (Wildman–Crippen LogP) is 5.62. The smallest absolute Gasteiger partial charge is 0.0491 e. The lowest BCUT2D eigenvalue weighted by Crippen LogP contribution is -2.09. The zero-order chi connectivity index (χ0) is 13.0. The Morgan fingerprint density at radius 1 is 1.22 bits per heavy atom. The second-order valence-electron chi connectivity index (χ2n) is 5.06. The van der Waals surface area contributed by atoms with Crippen LogP contribution in [-0.2, 0) is 6.54 Å². The lowest BCUT2D eigenvalue weighted by Gasteiger charge is -2.16. The summed E-state index contributed by atoms with van der Waals surface area (Å²) in [5.74, 6) is 0.805. The number of unbranched alkanes of at least 4 members (excludes halogenated alkanes) is 1. The summed E-state index contributed by atoms with van der Waals surface area (Å²) in [4.78, 5) is 0. The zero-order valence-electron chi connectivity index (χ0n) is 11.3. The molecule has 1 heterocycles. The van der Waals surface area contributed by atoms with Crippen LogP contribution in [0.25, 0.3) is 10.9 Å². The molecular weight excluding hydrogens is 286 g/mol. The van der Waals surface area contributed by atoms with Gasteiger partial charge in [0, 0.05) is 28.1 Å². The second kappa shape index (κ2) is 6.42. The van der Waals surface area contributed by atoms with Gasteiger partial charge < -0.3 is 4.57 Å². The van der Waals surface area contributed by atoms with E-state index in [4.69, 9.17) is 0 Å². The molecule has 2 aromatic rings. The van der Waals surface area contributed by atoms with Gasteiger partial charge in [-0.15, -0.1) is 0 Å². The average Bonchev–Trinajstić information content (AvgIpc) is 2.79. The molecule has 1 aromatic heterocycles. The van der Waals surface area contributed by atoms with E-state index in [1.807, 2.05) is 0 Å². The van der Waals surface area contributed by atoms with E-state index in [9.17, 15) is 0 Å². The molecular formula is C16H22BrN. The third-order valence-electron chi connectivity index (χ3n) is 3.76. The Morgan fingerprint density at radius 3 is 2.78 bits per heavy atom. The molecule has 18 heavy (non-hydrogen) atoms. The molecule has 0 bridgehead atoms. The molecule has 2 rings (SSSR count). The van der Waals surface area contributed by atoms with Crippen molar-refractivity contribution >= 4 is 26.8 Å². The first-order chi connectivity index (χ1) is 8.76. The van der Waals surface area contributed by atoms with Gasteiger partial charge in [0.2, 0.25) is 0 Å². The predicted molar refractivity (Wildman–Crippen MR) is 82.9 cm³/mol. The van der Waals surface area contributed by atoms with Gasteiger partial charge in [0.05, 0.1) is 0 Å². The maximum atomic E-state index is 3.62. The SMILES string of the molecule is CCCCC(CC)Cn1ccc2c(Br)cccc21. The normalized spacial score (nSPS) is 13.1. The van der Waals surface area contributed by atoms with Gasteiger partial charge in [-0.3, -0.25) is 0 Å². The van der Waals surface area contributed by atoms with Crippen molar-refractivity contribution in [3.63, 3.8) is 0 Å². The van der Waals surface area contributed by atoms with E-state index in [0.29, 0.717) is 0 Å². The van der Waals surface area contributed by atoms with E-state index in [0.717, 1.165) is 12.5 Å². The maximum absolute atomic E-state index is 3.62. The minimum atomic E-state index is 0.805. The van der Waals surface area contributed by atoms with Gasteiger partial charge in [-0.05, 0) is 30.5 Å². The van der Waals surface area contributed by atoms with E-state index in [2.05, 4.69) is 64.8 Å². The number of nitrogens with zero attached hydrogens (tertiary/aromatic N) is 1. The zero-order valence-corrected chi connectivity index (χ0v) is 12.9. The Labute approximate surface area is 118 Å². The Kier molecular flexibility index (Phi) is 4.87. The van der Waals surface area contributed by atoms with Gasteiger partial charge >= 0.3 is 0 Å². The molecule has 0 fully saturated rings. The highest BCUT2D eigenvalue weighted by atomic mass is 79.9. The van der Waals surface area contributed by atoms with Crippen LogP contribution in [0.2, 0.25) is 0 Å². The Balaban J connectivity index is 2.18. The molecule has 0 saturated heterocycles. The summed E-state index contributed by atoms with van der Waals surface area (Å²) < 4.78 is 3.60. The number of hydrogen-bond acceptors (Lipinski definition) is 0. The van der Waals surface area contributed by atoms with E-state index < -0.39 is 0 Å². The standard InChI is InChI=1S/C16H22BrN/c1-3-5-7-13(4-2)12-18-11-10-14-15(17)8-6-9-16(14)18/h6,8-11,13H,3-5,7,12H2,1-2H3. The van der Waals surface area contributed by atoms with Gasteiger partial charge in [0.15, 0.2) is 0 Å². The third kappa shape index (κ3) is 2.97. The molecule has 1 aromatic carbocycles. The van der Waals surface area contributed by atoms with Crippen LogP contribution in [0.15, 0.2) is 34.9 Å². The summed E-state index contributed by atoms with van der Waals surface area (Å²) >= 11 is 3.62. The molecule has 0 aliphatic rings. The molecule has 1 unspecified atom stereocenters. The van der Waals surface area contributed by atoms with Crippen molar-refractivity contribution in [1.82, 2.24) is 4.57 Å². The molecule has 98 valence electrons. The minimum absolute atomic E-state index is 0.805. The van der Waals surface area contributed by atoms with E-state index in [1.165, 1.54) is 41.1 Å². The van der Waals surface area contributed by atoms with Crippen LogP contribution in [0.1, 0.15) is 39.5 Å². The second-order valence-corrected chi connectivity index (χ2v) is 5.91. The first kappa shape index (κ1) is 13.7. The number of fused-ring (bicyclic) bond motifs is 1. The molecule has 0 saturated carbocycles. The number of aromatic nitrogens is 1. The Morgan fingerprint density at radius 2 is 2.06 bits per heavy atom. The molecule has 1 atom stereocenters. The summed E-state index contributed by atoms with van der Waals surface area (Å²) in [6, 6.07) is 8.66. The molecule has 0 amide bonds. The topological polar surface area (TPSA) is 4.93 Å². The Bertz CT molecular complexity index is 501. The fourth-order valence-corrected chi connectivity index (χ4v) is 3.03. The molecule has 0 N–H and O–H groups in total. The van der Waals surface area contributed by atoms with Crippen molar-refractivity contribution in [2.45, 2.75) is 46.1 Å². The first-order valence-corrected chi connectivity index (χ1v) is 7.78. The summed E-state index contributed by atoms with van der Waals surface area (Å²) in [5, 5.41) is 1.32. The van der Waals surface area contributed by atoms with Crippen LogP contribution in [0.5, 0.6) is 0 Å². The fourth-order valence-electron chi connectivity index (χ4n) is 2.54. The van der Waals surface area contributed by atoms with Gasteiger partial charge in [0.25, 0.3) is 0 Å². The highest BCUT2D eigenvalue weighted by Crippen LogP contribution is 2.26. The van der Waals surface area contributed by atoms with Crippen LogP contribution in [-0.4, -0.2) is 4.57 Å². The molecule has 2 heteroatoms. The quantitative estimate of drug-likeness (QED) is 0.652. The van der Waals surface area contributed by atoms with Crippen LogP contribution < -0.4 is 0 Å². The van der Waals surface area contributed by atoms with Crippen molar-refractivity contribution in [1.29, 1.82) is 0 Å². The van der Waals surface area contributed by atoms with Crippen LogP contribution in [0, 0.1) is 5.92 Å². The molecule has 0 aliphatic carbocycles. The number of hydrogen-bond donors (Lipinski definition) is 0. The third-order valence-corrected chi connectivity index (χ3v) is 4.45. The summed E-state index contributed by atoms with van der Waals surface area (Å²) in [7, 11) is 0. The summed E-state index contributed by atoms with van der Waals surface area (Å²) in [6.07, 6.45) is 7.49. The lowest BCUT2D eigenvalue weighted by molar-refractivity contribution is 0.396. The highest BCUT2D eigenvalue weighted by Gasteiger charge is 2.09. The largest absolute Gasteiger partial charge is 0.347 e. The molecule has 1 nitrogen and oxygen atoms in total. The highest BCUT2D eigenvalue weighted by molar-refractivity contribution is 9.10. The van der Waals surface area contributed by atoms with Crippen LogP contribution in [0.4, 0.5) is 0 Å². The summed E-state index contributed by atoms with van der Waals surface area (Å²) in [5.41, 5.74) is 1.35. The van der Waals surface area contributed by atoms with Crippen molar-refractivity contribution in [3.8, 4) is 0 Å². The van der Waals surface area contributed by atoms with Crippen molar-refractivity contribution < 1.29 is 0 Å². The number of benzene rings is 1. The van der Waals surface area contributed by atoms with E-state index in [1.54, 1.807) is 0 Å². The molecule has 0 radical (unpaired) electrons. The minimum Gasteiger partial charge on any atom is -0.347 e. The Hall–Kier alpha value is -0.760. The summed E-state index contributed by atoms with van der Waals surface area (Å²) in [6.45, 7) is 5.73. The monoisotopic (exact) mass is 307 g/mol. The van der Waals surface area contributed by atoms with Crippen molar-refractivity contribution in [2.24, 2.45) is 5.92 Å². The fraction of sp³-hybridized carbons (Fsp3) is 0.500. The van der Waals surface area contributed by atoms with Gasteiger partial charge in [-0.1, -0.05) is 55.1 Å². The first-order valence-electron chi connectivity index (χ1n) is 6.99. The number of rotatable bonds is 6. The molecule has 0 aliphatic heterocycles. The van der Waals surface area contributed by atoms with Gasteiger partial charge in [-0.25, -0.2) is 0 Å². The van der Waals surface area contributed by atoms with Crippen LogP contribution in [0.3, 0.4) is 0 Å². The van der Waals surface area contributed by atoms with Crippen molar-refractivity contribution in [2.75, 3.05) is 0 Å². The maximum Gasteiger partial charge on any atom is 0.0491 e. The van der Waals surface area contributed by atoms with Crippen LogP contribution >= 0.6 is 15.9 Å². The molecule has 0 spiro atoms.